The molecule has 1 saturated carbocycles. The highest BCUT2D eigenvalue weighted by molar-refractivity contribution is 9.10. The Hall–Kier alpha value is -1.29. The molecule has 1 heterocycles. The number of halogens is 1. The number of hydrogen-bond acceptors (Lipinski definition) is 3. The second-order valence-electron chi connectivity index (χ2n) is 4.72. The van der Waals surface area contributed by atoms with Crippen molar-refractivity contribution in [1.82, 2.24) is 4.98 Å². The van der Waals surface area contributed by atoms with Gasteiger partial charge in [-0.05, 0) is 46.5 Å². The smallest absolute Gasteiger partial charge is 0.0954 e. The lowest BCUT2D eigenvalue weighted by Crippen LogP contribution is -2.05. The molecule has 88 valence electrons. The first-order valence-electron chi connectivity index (χ1n) is 5.75. The van der Waals surface area contributed by atoms with Crippen molar-refractivity contribution < 1.29 is 0 Å². The van der Waals surface area contributed by atoms with Gasteiger partial charge in [-0.1, -0.05) is 6.92 Å². The van der Waals surface area contributed by atoms with Gasteiger partial charge in [0.1, 0.15) is 0 Å². The highest BCUT2D eigenvalue weighted by atomic mass is 79.9. The monoisotopic (exact) mass is 291 g/mol. The van der Waals surface area contributed by atoms with Crippen LogP contribution in [0.3, 0.4) is 0 Å². The third-order valence-electron chi connectivity index (χ3n) is 3.30. The van der Waals surface area contributed by atoms with E-state index in [2.05, 4.69) is 33.2 Å². The number of nitrogen functional groups attached to an aromatic ring is 1. The molecule has 1 aromatic carbocycles. The zero-order valence-electron chi connectivity index (χ0n) is 9.57. The Labute approximate surface area is 109 Å². The second kappa shape index (κ2) is 3.88. The number of aromatic nitrogens is 1. The lowest BCUT2D eigenvalue weighted by molar-refractivity contribution is 0.930. The Balaban J connectivity index is 2.09. The summed E-state index contributed by atoms with van der Waals surface area (Å²) in [6.07, 6.45) is 3.05. The Morgan fingerprint density at radius 1 is 1.47 bits per heavy atom. The summed E-state index contributed by atoms with van der Waals surface area (Å²) in [5, 5.41) is 4.52. The van der Waals surface area contributed by atoms with Crippen molar-refractivity contribution in [1.29, 1.82) is 0 Å². The summed E-state index contributed by atoms with van der Waals surface area (Å²) < 4.78 is 0.952. The van der Waals surface area contributed by atoms with Gasteiger partial charge in [-0.25, -0.2) is 0 Å². The average molecular weight is 292 g/mol. The van der Waals surface area contributed by atoms with Gasteiger partial charge in [0.05, 0.1) is 11.2 Å². The number of benzene rings is 1. The molecule has 0 bridgehead atoms. The van der Waals surface area contributed by atoms with Crippen LogP contribution in [0.4, 0.5) is 11.4 Å². The van der Waals surface area contributed by atoms with Gasteiger partial charge in [0.15, 0.2) is 0 Å². The maximum atomic E-state index is 5.98. The van der Waals surface area contributed by atoms with Gasteiger partial charge in [-0.3, -0.25) is 4.98 Å². The van der Waals surface area contributed by atoms with E-state index in [1.54, 1.807) is 0 Å². The normalized spacial score (nSPS) is 22.7. The molecule has 3 N–H and O–H groups in total. The first-order valence-corrected chi connectivity index (χ1v) is 6.55. The molecule has 0 amide bonds. The maximum Gasteiger partial charge on any atom is 0.0954 e. The van der Waals surface area contributed by atoms with Crippen molar-refractivity contribution in [2.24, 2.45) is 5.92 Å². The number of pyridine rings is 1. The fourth-order valence-corrected chi connectivity index (χ4v) is 2.39. The fourth-order valence-electron chi connectivity index (χ4n) is 2.06. The van der Waals surface area contributed by atoms with E-state index in [-0.39, 0.29) is 0 Å². The first kappa shape index (κ1) is 10.8. The Kier molecular flexibility index (Phi) is 2.47. The molecule has 0 saturated heterocycles. The molecule has 3 nitrogen and oxygen atoms in total. The lowest BCUT2D eigenvalue weighted by Gasteiger charge is -2.10. The van der Waals surface area contributed by atoms with E-state index in [9.17, 15) is 0 Å². The summed E-state index contributed by atoms with van der Waals surface area (Å²) in [5.74, 6) is 0.762. The van der Waals surface area contributed by atoms with Crippen LogP contribution >= 0.6 is 15.9 Å². The number of anilines is 2. The Morgan fingerprint density at radius 3 is 2.94 bits per heavy atom. The summed E-state index contributed by atoms with van der Waals surface area (Å²) in [5.41, 5.74) is 8.78. The number of rotatable bonds is 2. The first-order chi connectivity index (χ1) is 8.15. The molecule has 2 atom stereocenters. The van der Waals surface area contributed by atoms with E-state index in [1.807, 2.05) is 24.4 Å². The molecule has 1 aliphatic carbocycles. The third-order valence-corrected chi connectivity index (χ3v) is 3.73. The number of nitrogens with two attached hydrogens (primary N) is 1. The highest BCUT2D eigenvalue weighted by Crippen LogP contribution is 2.36. The minimum absolute atomic E-state index is 0.590. The standard InChI is InChI=1S/C13H14BrN3/c1-7-4-12(7)17-11-3-2-10(15)9-5-8(14)6-16-13(9)11/h2-3,5-7,12,17H,4,15H2,1H3. The van der Waals surface area contributed by atoms with Gasteiger partial charge in [-0.15, -0.1) is 0 Å². The van der Waals surface area contributed by atoms with Crippen LogP contribution in [0, 0.1) is 5.92 Å². The lowest BCUT2D eigenvalue weighted by atomic mass is 10.1. The molecule has 0 radical (unpaired) electrons. The molecule has 0 aliphatic heterocycles. The van der Waals surface area contributed by atoms with Crippen molar-refractivity contribution in [3.63, 3.8) is 0 Å². The van der Waals surface area contributed by atoms with E-state index in [0.717, 1.165) is 32.7 Å². The second-order valence-corrected chi connectivity index (χ2v) is 5.63. The fraction of sp³-hybridized carbons (Fsp3) is 0.308. The van der Waals surface area contributed by atoms with Crippen LogP contribution in [0.25, 0.3) is 10.9 Å². The van der Waals surface area contributed by atoms with Crippen LogP contribution < -0.4 is 11.1 Å². The number of fused-ring (bicyclic) bond motifs is 1. The van der Waals surface area contributed by atoms with Crippen LogP contribution in [0.2, 0.25) is 0 Å². The van der Waals surface area contributed by atoms with Gasteiger partial charge in [0.25, 0.3) is 0 Å². The molecule has 2 unspecified atom stereocenters. The Morgan fingerprint density at radius 2 is 2.24 bits per heavy atom. The van der Waals surface area contributed by atoms with Crippen LogP contribution in [0.5, 0.6) is 0 Å². The molecular formula is C13H14BrN3. The minimum Gasteiger partial charge on any atom is -0.398 e. The minimum atomic E-state index is 0.590. The number of hydrogen-bond donors (Lipinski definition) is 2. The van der Waals surface area contributed by atoms with Crippen molar-refractivity contribution in [2.45, 2.75) is 19.4 Å². The zero-order valence-corrected chi connectivity index (χ0v) is 11.2. The molecule has 1 aliphatic rings. The van der Waals surface area contributed by atoms with Crippen LogP contribution in [0.1, 0.15) is 13.3 Å². The molecule has 3 rings (SSSR count). The summed E-state index contributed by atoms with van der Waals surface area (Å²) in [6, 6.07) is 6.56. The van der Waals surface area contributed by atoms with Crippen molar-refractivity contribution in [3.8, 4) is 0 Å². The molecule has 1 fully saturated rings. The summed E-state index contributed by atoms with van der Waals surface area (Å²) in [7, 11) is 0. The summed E-state index contributed by atoms with van der Waals surface area (Å²) in [6.45, 7) is 2.25. The van der Waals surface area contributed by atoms with Gasteiger partial charge < -0.3 is 11.1 Å². The SMILES string of the molecule is CC1CC1Nc1ccc(N)c2cc(Br)cnc12. The molecule has 2 aromatic rings. The molecular weight excluding hydrogens is 278 g/mol. The quantitative estimate of drug-likeness (QED) is 0.834. The molecule has 17 heavy (non-hydrogen) atoms. The topological polar surface area (TPSA) is 50.9 Å². The summed E-state index contributed by atoms with van der Waals surface area (Å²) >= 11 is 3.43. The van der Waals surface area contributed by atoms with Crippen LogP contribution in [0.15, 0.2) is 28.9 Å². The van der Waals surface area contributed by atoms with E-state index in [4.69, 9.17) is 5.73 Å². The molecule has 4 heteroatoms. The summed E-state index contributed by atoms with van der Waals surface area (Å²) in [4.78, 5) is 4.46. The predicted octanol–water partition coefficient (Wildman–Crippen LogP) is 3.40. The largest absolute Gasteiger partial charge is 0.398 e. The van der Waals surface area contributed by atoms with E-state index >= 15 is 0 Å². The van der Waals surface area contributed by atoms with Gasteiger partial charge in [0, 0.05) is 27.8 Å². The zero-order chi connectivity index (χ0) is 12.0. The number of nitrogens with zero attached hydrogens (tertiary/aromatic N) is 1. The predicted molar refractivity (Wildman–Crippen MR) is 75.0 cm³/mol. The van der Waals surface area contributed by atoms with Crippen LogP contribution in [-0.4, -0.2) is 11.0 Å². The van der Waals surface area contributed by atoms with Gasteiger partial charge >= 0.3 is 0 Å². The van der Waals surface area contributed by atoms with Crippen molar-refractivity contribution in [3.05, 3.63) is 28.9 Å². The average Bonchev–Trinajstić information content (AvgIpc) is 2.99. The van der Waals surface area contributed by atoms with Crippen molar-refractivity contribution >= 4 is 38.2 Å². The van der Waals surface area contributed by atoms with E-state index in [0.29, 0.717) is 6.04 Å². The van der Waals surface area contributed by atoms with Crippen LogP contribution in [-0.2, 0) is 0 Å². The maximum absolute atomic E-state index is 5.98. The number of nitrogens with one attached hydrogen (secondary N) is 1. The van der Waals surface area contributed by atoms with Crippen molar-refractivity contribution in [2.75, 3.05) is 11.1 Å². The van der Waals surface area contributed by atoms with Gasteiger partial charge in [-0.2, -0.15) is 0 Å². The Bertz CT molecular complexity index is 582. The van der Waals surface area contributed by atoms with Gasteiger partial charge in [0.2, 0.25) is 0 Å². The molecule has 1 aromatic heterocycles. The highest BCUT2D eigenvalue weighted by Gasteiger charge is 2.32. The third kappa shape index (κ3) is 1.97. The van der Waals surface area contributed by atoms with E-state index < -0.39 is 0 Å². The van der Waals surface area contributed by atoms with E-state index in [1.165, 1.54) is 6.42 Å². The molecule has 0 spiro atoms.